The van der Waals surface area contributed by atoms with Crippen LogP contribution in [-0.4, -0.2) is 47.2 Å². The van der Waals surface area contributed by atoms with Crippen LogP contribution >= 0.6 is 0 Å². The Morgan fingerprint density at radius 2 is 1.53 bits per heavy atom. The van der Waals surface area contributed by atoms with Gasteiger partial charge in [0.15, 0.2) is 0 Å². The van der Waals surface area contributed by atoms with E-state index in [0.29, 0.717) is 5.57 Å². The summed E-state index contributed by atoms with van der Waals surface area (Å²) in [7, 11) is 3.83. The van der Waals surface area contributed by atoms with Gasteiger partial charge in [-0.1, -0.05) is 6.08 Å². The molecule has 0 aliphatic rings. The molecular weight excluding hydrogens is 198 g/mol. The summed E-state index contributed by atoms with van der Waals surface area (Å²) in [5, 5.41) is 15.9. The van der Waals surface area contributed by atoms with Crippen molar-refractivity contribution in [1.29, 1.82) is 0 Å². The van der Waals surface area contributed by atoms with E-state index in [-0.39, 0.29) is 6.04 Å². The number of carboxylic acid groups (broad SMARTS) is 2. The number of rotatable bonds is 3. The van der Waals surface area contributed by atoms with E-state index in [1.807, 2.05) is 25.9 Å². The maximum atomic E-state index is 10.4. The normalized spacial score (nSPS) is 12.8. The first-order valence-corrected chi connectivity index (χ1v) is 4.46. The summed E-state index contributed by atoms with van der Waals surface area (Å²) >= 11 is 0. The quantitative estimate of drug-likeness (QED) is 0.691. The van der Waals surface area contributed by atoms with E-state index in [0.717, 1.165) is 6.92 Å². The molecule has 0 fully saturated rings. The Morgan fingerprint density at radius 3 is 1.73 bits per heavy atom. The third-order valence-electron chi connectivity index (χ3n) is 1.64. The van der Waals surface area contributed by atoms with Crippen molar-refractivity contribution in [3.05, 3.63) is 11.6 Å². The summed E-state index contributed by atoms with van der Waals surface area (Å²) in [5.41, 5.74) is 0.395. The lowest BCUT2D eigenvalue weighted by Crippen LogP contribution is -2.23. The van der Waals surface area contributed by atoms with E-state index in [4.69, 9.17) is 15.0 Å². The van der Waals surface area contributed by atoms with Gasteiger partial charge in [0, 0.05) is 18.5 Å². The van der Waals surface area contributed by atoms with Crippen molar-refractivity contribution in [2.24, 2.45) is 0 Å². The molecule has 1 atom stereocenters. The summed E-state index contributed by atoms with van der Waals surface area (Å²) < 4.78 is 0. The van der Waals surface area contributed by atoms with Gasteiger partial charge in [0.05, 0.1) is 0 Å². The molecule has 5 nitrogen and oxygen atoms in total. The van der Waals surface area contributed by atoms with Gasteiger partial charge in [0.1, 0.15) is 0 Å². The number of nitrogens with zero attached hydrogens (tertiary/aromatic N) is 1. The monoisotopic (exact) mass is 217 g/mol. The topological polar surface area (TPSA) is 77.8 Å². The fraction of sp³-hybridized carbons (Fsp3) is 0.600. The van der Waals surface area contributed by atoms with Gasteiger partial charge in [-0.25, -0.2) is 4.79 Å². The van der Waals surface area contributed by atoms with Crippen molar-refractivity contribution in [3.8, 4) is 0 Å². The van der Waals surface area contributed by atoms with Crippen LogP contribution in [0.15, 0.2) is 11.6 Å². The molecule has 0 aliphatic carbocycles. The zero-order chi connectivity index (χ0) is 12.6. The van der Waals surface area contributed by atoms with Crippen LogP contribution < -0.4 is 0 Å². The van der Waals surface area contributed by atoms with Gasteiger partial charge in [-0.2, -0.15) is 0 Å². The Hall–Kier alpha value is -1.36. The molecule has 88 valence electrons. The van der Waals surface area contributed by atoms with Crippen molar-refractivity contribution in [2.75, 3.05) is 14.1 Å². The van der Waals surface area contributed by atoms with Gasteiger partial charge >= 0.3 is 5.97 Å². The molecule has 1 unspecified atom stereocenters. The molecule has 0 aromatic heterocycles. The van der Waals surface area contributed by atoms with Gasteiger partial charge in [-0.05, 0) is 27.9 Å². The Labute approximate surface area is 90.0 Å². The van der Waals surface area contributed by atoms with Crippen LogP contribution in [-0.2, 0) is 9.59 Å². The molecule has 0 saturated heterocycles. The van der Waals surface area contributed by atoms with E-state index in [1.54, 1.807) is 13.0 Å². The Balaban J connectivity index is 0. The molecule has 0 aliphatic heterocycles. The number of carbonyl (C=O) groups is 2. The minimum absolute atomic E-state index is 0.172. The van der Waals surface area contributed by atoms with Crippen LogP contribution in [0.5, 0.6) is 0 Å². The first kappa shape index (κ1) is 16.1. The highest BCUT2D eigenvalue weighted by molar-refractivity contribution is 5.85. The van der Waals surface area contributed by atoms with Gasteiger partial charge in [0.2, 0.25) is 0 Å². The lowest BCUT2D eigenvalue weighted by Gasteiger charge is -2.15. The molecule has 0 saturated carbocycles. The van der Waals surface area contributed by atoms with Crippen LogP contribution in [0.3, 0.4) is 0 Å². The lowest BCUT2D eigenvalue weighted by molar-refractivity contribution is -0.134. The number of carboxylic acids is 2. The number of hydrogen-bond acceptors (Lipinski definition) is 3. The maximum absolute atomic E-state index is 10.4. The summed E-state index contributed by atoms with van der Waals surface area (Å²) in [6, 6.07) is 0.172. The van der Waals surface area contributed by atoms with Crippen molar-refractivity contribution >= 4 is 11.9 Å². The van der Waals surface area contributed by atoms with Gasteiger partial charge in [-0.15, -0.1) is 0 Å². The van der Waals surface area contributed by atoms with E-state index < -0.39 is 11.9 Å². The average Bonchev–Trinajstić information content (AvgIpc) is 2.02. The largest absolute Gasteiger partial charge is 0.481 e. The standard InChI is InChI=1S/C8H15NO2.C2H4O2/c1-6(8(10)11)5-7(2)9(3)4;1-2(3)4/h5,7H,1-4H3,(H,10,11);1H3,(H,3,4). The molecule has 0 spiro atoms. The molecule has 15 heavy (non-hydrogen) atoms. The molecule has 5 heteroatoms. The second-order valence-corrected chi connectivity index (χ2v) is 3.38. The van der Waals surface area contributed by atoms with E-state index in [2.05, 4.69) is 0 Å². The van der Waals surface area contributed by atoms with Crippen LogP contribution in [0.1, 0.15) is 20.8 Å². The van der Waals surface area contributed by atoms with Crippen LogP contribution in [0, 0.1) is 0 Å². The Kier molecular flexibility index (Phi) is 8.57. The fourth-order valence-corrected chi connectivity index (χ4v) is 0.582. The molecule has 0 amide bonds. The summed E-state index contributed by atoms with van der Waals surface area (Å²) in [6.45, 7) is 4.63. The predicted octanol–water partition coefficient (Wildman–Crippen LogP) is 1.06. The second-order valence-electron chi connectivity index (χ2n) is 3.38. The van der Waals surface area contributed by atoms with Crippen LogP contribution in [0.2, 0.25) is 0 Å². The highest BCUT2D eigenvalue weighted by Crippen LogP contribution is 1.99. The Morgan fingerprint density at radius 1 is 1.20 bits per heavy atom. The van der Waals surface area contributed by atoms with Gasteiger partial charge in [-0.3, -0.25) is 4.79 Å². The minimum Gasteiger partial charge on any atom is -0.481 e. The van der Waals surface area contributed by atoms with Crippen LogP contribution in [0.25, 0.3) is 0 Å². The Bertz CT molecular complexity index is 242. The molecule has 0 radical (unpaired) electrons. The van der Waals surface area contributed by atoms with E-state index in [1.165, 1.54) is 0 Å². The summed E-state index contributed by atoms with van der Waals surface area (Å²) in [4.78, 5) is 21.3. The first-order valence-electron chi connectivity index (χ1n) is 4.46. The minimum atomic E-state index is -0.848. The molecular formula is C10H19NO4. The first-order chi connectivity index (χ1) is 6.68. The molecule has 2 N–H and O–H groups in total. The van der Waals surface area contributed by atoms with Crippen molar-refractivity contribution in [2.45, 2.75) is 26.8 Å². The summed E-state index contributed by atoms with van der Waals surface area (Å²) in [6.07, 6.45) is 1.72. The lowest BCUT2D eigenvalue weighted by atomic mass is 10.2. The third kappa shape index (κ3) is 12.6. The number of aliphatic carboxylic acids is 2. The van der Waals surface area contributed by atoms with Gasteiger partial charge < -0.3 is 15.1 Å². The van der Waals surface area contributed by atoms with Crippen LogP contribution in [0.4, 0.5) is 0 Å². The molecule has 0 aromatic carbocycles. The molecule has 0 bridgehead atoms. The SMILES string of the molecule is CC(=CC(C)N(C)C)C(=O)O.CC(=O)O. The third-order valence-corrected chi connectivity index (χ3v) is 1.64. The zero-order valence-corrected chi connectivity index (χ0v) is 9.81. The fourth-order valence-electron chi connectivity index (χ4n) is 0.582. The molecule has 0 heterocycles. The van der Waals surface area contributed by atoms with Crippen molar-refractivity contribution < 1.29 is 19.8 Å². The average molecular weight is 217 g/mol. The summed E-state index contributed by atoms with van der Waals surface area (Å²) in [5.74, 6) is -1.68. The molecule has 0 aromatic rings. The number of likely N-dealkylation sites (N-methyl/N-ethyl adjacent to an activating group) is 1. The van der Waals surface area contributed by atoms with Gasteiger partial charge in [0.25, 0.3) is 5.97 Å². The smallest absolute Gasteiger partial charge is 0.331 e. The molecule has 0 rings (SSSR count). The highest BCUT2D eigenvalue weighted by atomic mass is 16.4. The second kappa shape index (κ2) is 7.99. The van der Waals surface area contributed by atoms with Crippen molar-refractivity contribution in [1.82, 2.24) is 4.90 Å². The highest BCUT2D eigenvalue weighted by Gasteiger charge is 2.04. The van der Waals surface area contributed by atoms with Crippen molar-refractivity contribution in [3.63, 3.8) is 0 Å². The predicted molar refractivity (Wildman–Crippen MR) is 57.9 cm³/mol. The zero-order valence-electron chi connectivity index (χ0n) is 9.81. The van der Waals surface area contributed by atoms with E-state index >= 15 is 0 Å². The van der Waals surface area contributed by atoms with E-state index in [9.17, 15) is 4.79 Å². The number of hydrogen-bond donors (Lipinski definition) is 2. The maximum Gasteiger partial charge on any atom is 0.331 e.